The maximum Gasteiger partial charge on any atom is 0.339 e. The van der Waals surface area contributed by atoms with Crippen molar-refractivity contribution in [3.63, 3.8) is 0 Å². The van der Waals surface area contributed by atoms with Gasteiger partial charge >= 0.3 is 5.97 Å². The second-order valence-electron chi connectivity index (χ2n) is 3.95. The Hall–Kier alpha value is -2.14. The van der Waals surface area contributed by atoms with E-state index in [4.69, 9.17) is 5.11 Å². The number of hydrogen-bond donors (Lipinski definition) is 1. The quantitative estimate of drug-likeness (QED) is 0.785. The van der Waals surface area contributed by atoms with E-state index < -0.39 is 5.97 Å². The topological polar surface area (TPSA) is 54.6 Å². The third-order valence-electron chi connectivity index (χ3n) is 2.70. The first-order valence-corrected chi connectivity index (χ1v) is 6.34. The van der Waals surface area contributed by atoms with Gasteiger partial charge in [0.2, 0.25) is 0 Å². The maximum atomic E-state index is 11.1. The highest BCUT2D eigenvalue weighted by molar-refractivity contribution is 7.09. The minimum Gasteiger partial charge on any atom is -0.478 e. The number of carboxylic acids is 1. The fourth-order valence-corrected chi connectivity index (χ4v) is 2.63. The molecule has 18 heavy (non-hydrogen) atoms. The molecule has 5 heteroatoms. The Labute approximate surface area is 107 Å². The number of carbonyl (C=O) groups is 1. The van der Waals surface area contributed by atoms with Crippen LogP contribution in [0, 0.1) is 0 Å². The SMILES string of the molecule is O=C(O)c1cccn2cc(Cc3cccs3)nc12. The summed E-state index contributed by atoms with van der Waals surface area (Å²) in [5.41, 5.74) is 1.61. The number of aromatic nitrogens is 2. The zero-order valence-electron chi connectivity index (χ0n) is 9.41. The smallest absolute Gasteiger partial charge is 0.339 e. The summed E-state index contributed by atoms with van der Waals surface area (Å²) in [6.07, 6.45) is 4.42. The summed E-state index contributed by atoms with van der Waals surface area (Å²) >= 11 is 1.67. The van der Waals surface area contributed by atoms with Crippen LogP contribution in [0.5, 0.6) is 0 Å². The van der Waals surface area contributed by atoms with Gasteiger partial charge in [-0.05, 0) is 23.6 Å². The summed E-state index contributed by atoms with van der Waals surface area (Å²) in [5.74, 6) is -0.950. The van der Waals surface area contributed by atoms with Crippen LogP contribution in [-0.4, -0.2) is 20.5 Å². The number of thiophene rings is 1. The Morgan fingerprint density at radius 3 is 3.00 bits per heavy atom. The van der Waals surface area contributed by atoms with Crippen LogP contribution in [0.3, 0.4) is 0 Å². The van der Waals surface area contributed by atoms with Gasteiger partial charge in [0.25, 0.3) is 0 Å². The molecule has 0 aliphatic heterocycles. The van der Waals surface area contributed by atoms with E-state index in [9.17, 15) is 4.79 Å². The number of nitrogens with zero attached hydrogens (tertiary/aromatic N) is 2. The lowest BCUT2D eigenvalue weighted by Crippen LogP contribution is -1.99. The predicted molar refractivity (Wildman–Crippen MR) is 69.3 cm³/mol. The third-order valence-corrected chi connectivity index (χ3v) is 3.57. The molecule has 0 aliphatic carbocycles. The zero-order chi connectivity index (χ0) is 12.5. The van der Waals surface area contributed by atoms with E-state index in [2.05, 4.69) is 4.98 Å². The Kier molecular flexibility index (Phi) is 2.60. The molecule has 0 spiro atoms. The van der Waals surface area contributed by atoms with E-state index >= 15 is 0 Å². The average Bonchev–Trinajstić information content (AvgIpc) is 2.96. The first-order valence-electron chi connectivity index (χ1n) is 5.46. The lowest BCUT2D eigenvalue weighted by atomic mass is 10.3. The minimum absolute atomic E-state index is 0.231. The molecule has 1 N–H and O–H groups in total. The standard InChI is InChI=1S/C13H10N2O2S/c16-13(17)11-4-1-5-15-8-9(14-12(11)15)7-10-3-2-6-18-10/h1-6,8H,7H2,(H,16,17). The van der Waals surface area contributed by atoms with Crippen molar-refractivity contribution in [2.45, 2.75) is 6.42 Å². The fourth-order valence-electron chi connectivity index (χ4n) is 1.91. The molecule has 0 atom stereocenters. The van der Waals surface area contributed by atoms with E-state index in [-0.39, 0.29) is 5.56 Å². The van der Waals surface area contributed by atoms with E-state index in [0.29, 0.717) is 5.65 Å². The van der Waals surface area contributed by atoms with Crippen molar-refractivity contribution in [3.05, 3.63) is 58.2 Å². The average molecular weight is 258 g/mol. The van der Waals surface area contributed by atoms with Gasteiger partial charge in [0.1, 0.15) is 5.56 Å². The molecule has 3 aromatic rings. The molecule has 4 nitrogen and oxygen atoms in total. The second-order valence-corrected chi connectivity index (χ2v) is 4.98. The number of hydrogen-bond acceptors (Lipinski definition) is 3. The van der Waals surface area contributed by atoms with Gasteiger partial charge in [0.15, 0.2) is 5.65 Å². The highest BCUT2D eigenvalue weighted by Gasteiger charge is 2.11. The first kappa shape index (κ1) is 11.0. The van der Waals surface area contributed by atoms with Gasteiger partial charge in [-0.15, -0.1) is 11.3 Å². The van der Waals surface area contributed by atoms with Crippen molar-refractivity contribution >= 4 is 23.0 Å². The highest BCUT2D eigenvalue weighted by atomic mass is 32.1. The molecular weight excluding hydrogens is 248 g/mol. The Bertz CT molecular complexity index is 701. The van der Waals surface area contributed by atoms with Crippen LogP contribution >= 0.6 is 11.3 Å². The largest absolute Gasteiger partial charge is 0.478 e. The number of rotatable bonds is 3. The van der Waals surface area contributed by atoms with Crippen molar-refractivity contribution in [3.8, 4) is 0 Å². The molecule has 3 heterocycles. The second kappa shape index (κ2) is 4.27. The third kappa shape index (κ3) is 1.89. The molecule has 3 rings (SSSR count). The number of fused-ring (bicyclic) bond motifs is 1. The van der Waals surface area contributed by atoms with Crippen LogP contribution in [0.15, 0.2) is 42.0 Å². The monoisotopic (exact) mass is 258 g/mol. The molecule has 0 fully saturated rings. The summed E-state index contributed by atoms with van der Waals surface area (Å²) < 4.78 is 1.76. The maximum absolute atomic E-state index is 11.1. The number of aromatic carboxylic acids is 1. The molecule has 0 saturated heterocycles. The first-order chi connectivity index (χ1) is 8.74. The molecule has 0 saturated carbocycles. The molecule has 0 radical (unpaired) electrons. The van der Waals surface area contributed by atoms with Gasteiger partial charge in [-0.25, -0.2) is 9.78 Å². The van der Waals surface area contributed by atoms with E-state index in [1.165, 1.54) is 4.88 Å². The lowest BCUT2D eigenvalue weighted by molar-refractivity contribution is 0.0698. The van der Waals surface area contributed by atoms with Gasteiger partial charge in [-0.1, -0.05) is 6.07 Å². The summed E-state index contributed by atoms with van der Waals surface area (Å²) in [7, 11) is 0. The van der Waals surface area contributed by atoms with Crippen LogP contribution in [-0.2, 0) is 6.42 Å². The molecule has 90 valence electrons. The molecular formula is C13H10N2O2S. The van der Waals surface area contributed by atoms with Crippen molar-refractivity contribution in [1.82, 2.24) is 9.38 Å². The van der Waals surface area contributed by atoms with E-state index in [0.717, 1.165) is 12.1 Å². The normalized spacial score (nSPS) is 10.9. The van der Waals surface area contributed by atoms with Gasteiger partial charge in [0, 0.05) is 23.7 Å². The molecule has 3 aromatic heterocycles. The van der Waals surface area contributed by atoms with Crippen LogP contribution in [0.2, 0.25) is 0 Å². The summed E-state index contributed by atoms with van der Waals surface area (Å²) in [6, 6.07) is 7.33. The molecule has 0 aromatic carbocycles. The summed E-state index contributed by atoms with van der Waals surface area (Å²) in [5, 5.41) is 11.1. The Morgan fingerprint density at radius 2 is 2.28 bits per heavy atom. The molecule has 0 amide bonds. The molecule has 0 unspecified atom stereocenters. The van der Waals surface area contributed by atoms with Crippen LogP contribution in [0.25, 0.3) is 5.65 Å². The number of carboxylic acid groups (broad SMARTS) is 1. The number of imidazole rings is 1. The number of pyridine rings is 1. The van der Waals surface area contributed by atoms with E-state index in [1.807, 2.05) is 29.9 Å². The minimum atomic E-state index is -0.950. The Balaban J connectivity index is 2.05. The van der Waals surface area contributed by atoms with Crippen LogP contribution in [0.4, 0.5) is 0 Å². The Morgan fingerprint density at radius 1 is 1.39 bits per heavy atom. The summed E-state index contributed by atoms with van der Waals surface area (Å²) in [6.45, 7) is 0. The predicted octanol–water partition coefficient (Wildman–Crippen LogP) is 2.68. The zero-order valence-corrected chi connectivity index (χ0v) is 10.2. The lowest BCUT2D eigenvalue weighted by Gasteiger charge is -1.96. The van der Waals surface area contributed by atoms with Crippen molar-refractivity contribution in [2.75, 3.05) is 0 Å². The van der Waals surface area contributed by atoms with Crippen molar-refractivity contribution in [2.24, 2.45) is 0 Å². The van der Waals surface area contributed by atoms with Crippen molar-refractivity contribution < 1.29 is 9.90 Å². The molecule has 0 aliphatic rings. The summed E-state index contributed by atoms with van der Waals surface area (Å²) in [4.78, 5) is 16.7. The molecule has 0 bridgehead atoms. The van der Waals surface area contributed by atoms with E-state index in [1.54, 1.807) is 27.9 Å². The fraction of sp³-hybridized carbons (Fsp3) is 0.0769. The van der Waals surface area contributed by atoms with Gasteiger partial charge in [-0.2, -0.15) is 0 Å². The van der Waals surface area contributed by atoms with Gasteiger partial charge < -0.3 is 9.51 Å². The van der Waals surface area contributed by atoms with Gasteiger partial charge in [0.05, 0.1) is 5.69 Å². The highest BCUT2D eigenvalue weighted by Crippen LogP contribution is 2.16. The van der Waals surface area contributed by atoms with Crippen LogP contribution in [0.1, 0.15) is 20.9 Å². The van der Waals surface area contributed by atoms with Crippen molar-refractivity contribution in [1.29, 1.82) is 0 Å². The van der Waals surface area contributed by atoms with Gasteiger partial charge in [-0.3, -0.25) is 0 Å². The van der Waals surface area contributed by atoms with Crippen LogP contribution < -0.4 is 0 Å².